The lowest BCUT2D eigenvalue weighted by atomic mass is 9.91. The quantitative estimate of drug-likeness (QED) is 0.266. The average Bonchev–Trinajstić information content (AvgIpc) is 3.17. The van der Waals surface area contributed by atoms with Crippen LogP contribution in [-0.4, -0.2) is 39.3 Å². The van der Waals surface area contributed by atoms with E-state index in [4.69, 9.17) is 0 Å². The molecule has 1 aromatic heterocycles. The van der Waals surface area contributed by atoms with Gasteiger partial charge in [0.25, 0.3) is 5.69 Å². The maximum Gasteiger partial charge on any atom is 0.422 e. The summed E-state index contributed by atoms with van der Waals surface area (Å²) >= 11 is 0. The largest absolute Gasteiger partial charge is 0.422 e. The molecule has 0 aliphatic rings. The van der Waals surface area contributed by atoms with Crippen LogP contribution in [0, 0.1) is 10.1 Å². The van der Waals surface area contributed by atoms with E-state index >= 15 is 0 Å². The first-order valence-electron chi connectivity index (χ1n) is 10.9. The number of nitro benzene ring substituents is 1. The number of nitrogens with zero attached hydrogens (tertiary/aromatic N) is 3. The van der Waals surface area contributed by atoms with Crippen LogP contribution in [0.25, 0.3) is 10.9 Å². The molecule has 182 valence electrons. The SMILES string of the molecule is CN(Cc1ccccc1)CC(O)(c1cn(Cc2ccccc2)c2cc([N+](=O)[O-])ccc12)C(F)(F)F. The smallest absolute Gasteiger partial charge is 0.375 e. The van der Waals surface area contributed by atoms with Gasteiger partial charge in [-0.3, -0.25) is 15.0 Å². The van der Waals surface area contributed by atoms with Gasteiger partial charge in [0.1, 0.15) is 0 Å². The number of aromatic nitrogens is 1. The molecule has 0 saturated carbocycles. The summed E-state index contributed by atoms with van der Waals surface area (Å²) in [5.74, 6) is 0. The minimum atomic E-state index is -4.99. The van der Waals surface area contributed by atoms with Crippen LogP contribution in [-0.2, 0) is 18.7 Å². The summed E-state index contributed by atoms with van der Waals surface area (Å²) < 4.78 is 44.9. The lowest BCUT2D eigenvalue weighted by Gasteiger charge is -2.34. The highest BCUT2D eigenvalue weighted by Crippen LogP contribution is 2.44. The molecule has 0 fully saturated rings. The third kappa shape index (κ3) is 5.06. The van der Waals surface area contributed by atoms with Crippen LogP contribution < -0.4 is 0 Å². The number of non-ortho nitro benzene ring substituents is 1. The Hall–Kier alpha value is -3.69. The Morgan fingerprint density at radius 1 is 0.971 bits per heavy atom. The van der Waals surface area contributed by atoms with Crippen molar-refractivity contribution in [3.8, 4) is 0 Å². The number of halogens is 3. The lowest BCUT2D eigenvalue weighted by Crippen LogP contribution is -2.50. The van der Waals surface area contributed by atoms with Crippen LogP contribution in [0.15, 0.2) is 85.1 Å². The van der Waals surface area contributed by atoms with Crippen LogP contribution in [0.3, 0.4) is 0 Å². The van der Waals surface area contributed by atoms with Gasteiger partial charge in [-0.25, -0.2) is 0 Å². The Balaban J connectivity index is 1.81. The summed E-state index contributed by atoms with van der Waals surface area (Å²) in [7, 11) is 1.51. The molecule has 1 unspecified atom stereocenters. The highest BCUT2D eigenvalue weighted by Gasteiger charge is 2.56. The zero-order valence-corrected chi connectivity index (χ0v) is 18.9. The molecule has 1 heterocycles. The van der Waals surface area contributed by atoms with Gasteiger partial charge in [0.05, 0.1) is 10.4 Å². The monoisotopic (exact) mass is 483 g/mol. The molecule has 4 rings (SSSR count). The standard InChI is InChI=1S/C26H24F3N3O3/c1-30(15-19-8-4-2-5-9-19)18-25(33,26(27,28)29)23-17-31(16-20-10-6-3-7-11-20)24-14-21(32(34)35)12-13-22(23)24/h2-14,17,33H,15-16,18H2,1H3. The molecule has 0 saturated heterocycles. The second-order valence-corrected chi connectivity index (χ2v) is 8.63. The van der Waals surface area contributed by atoms with Crippen molar-refractivity contribution in [2.75, 3.05) is 13.6 Å². The first kappa shape index (κ1) is 24.4. The van der Waals surface area contributed by atoms with Gasteiger partial charge in [-0.05, 0) is 24.2 Å². The summed E-state index contributed by atoms with van der Waals surface area (Å²) in [4.78, 5) is 12.2. The number of hydrogen-bond donors (Lipinski definition) is 1. The number of benzene rings is 3. The van der Waals surface area contributed by atoms with Crippen molar-refractivity contribution in [1.29, 1.82) is 0 Å². The Morgan fingerprint density at radius 2 is 1.57 bits per heavy atom. The molecule has 0 amide bonds. The number of fused-ring (bicyclic) bond motifs is 1. The van der Waals surface area contributed by atoms with Crippen molar-refractivity contribution in [2.45, 2.75) is 24.9 Å². The summed E-state index contributed by atoms with van der Waals surface area (Å²) in [5, 5.41) is 22.7. The van der Waals surface area contributed by atoms with Crippen LogP contribution in [0.2, 0.25) is 0 Å². The fraction of sp³-hybridized carbons (Fsp3) is 0.231. The van der Waals surface area contributed by atoms with Crippen LogP contribution in [0.4, 0.5) is 18.9 Å². The number of rotatable bonds is 8. The van der Waals surface area contributed by atoms with E-state index in [1.54, 1.807) is 36.4 Å². The maximum absolute atomic E-state index is 14.5. The van der Waals surface area contributed by atoms with E-state index in [-0.39, 0.29) is 35.2 Å². The molecule has 6 nitrogen and oxygen atoms in total. The molecule has 1 atom stereocenters. The van der Waals surface area contributed by atoms with E-state index in [2.05, 4.69) is 0 Å². The Labute approximate surface area is 200 Å². The summed E-state index contributed by atoms with van der Waals surface area (Å²) in [6.07, 6.45) is -3.74. The minimum Gasteiger partial charge on any atom is -0.375 e. The van der Waals surface area contributed by atoms with Gasteiger partial charge in [0.2, 0.25) is 5.60 Å². The van der Waals surface area contributed by atoms with Crippen molar-refractivity contribution >= 4 is 16.6 Å². The van der Waals surface area contributed by atoms with E-state index in [9.17, 15) is 28.4 Å². The van der Waals surface area contributed by atoms with Gasteiger partial charge in [-0.15, -0.1) is 0 Å². The van der Waals surface area contributed by atoms with Gasteiger partial charge in [0, 0.05) is 48.9 Å². The third-order valence-electron chi connectivity index (χ3n) is 5.98. The molecule has 4 aromatic rings. The van der Waals surface area contributed by atoms with Gasteiger partial charge in [0.15, 0.2) is 0 Å². The average molecular weight is 483 g/mol. The predicted octanol–water partition coefficient (Wildman–Crippen LogP) is 5.48. The normalized spacial score (nSPS) is 13.8. The van der Waals surface area contributed by atoms with Gasteiger partial charge < -0.3 is 9.67 Å². The summed E-state index contributed by atoms with van der Waals surface area (Å²) in [5.41, 5.74) is -1.93. The summed E-state index contributed by atoms with van der Waals surface area (Å²) in [6.45, 7) is -0.327. The lowest BCUT2D eigenvalue weighted by molar-refractivity contribution is -0.384. The molecule has 3 aromatic carbocycles. The van der Waals surface area contributed by atoms with Crippen molar-refractivity contribution < 1.29 is 23.2 Å². The zero-order chi connectivity index (χ0) is 25.2. The van der Waals surface area contributed by atoms with Crippen molar-refractivity contribution in [3.63, 3.8) is 0 Å². The van der Waals surface area contributed by atoms with E-state index < -0.39 is 23.2 Å². The zero-order valence-electron chi connectivity index (χ0n) is 18.9. The highest BCUT2D eigenvalue weighted by atomic mass is 19.4. The Bertz CT molecular complexity index is 1320. The van der Waals surface area contributed by atoms with E-state index in [0.717, 1.165) is 17.2 Å². The van der Waals surface area contributed by atoms with Gasteiger partial charge in [-0.2, -0.15) is 13.2 Å². The van der Waals surface area contributed by atoms with Crippen molar-refractivity contribution in [2.24, 2.45) is 0 Å². The van der Waals surface area contributed by atoms with Crippen LogP contribution in [0.5, 0.6) is 0 Å². The number of alkyl halides is 3. The molecule has 0 bridgehead atoms. The minimum absolute atomic E-state index is 0.111. The molecule has 0 radical (unpaired) electrons. The molecule has 9 heteroatoms. The fourth-order valence-corrected chi connectivity index (χ4v) is 4.30. The predicted molar refractivity (Wildman–Crippen MR) is 127 cm³/mol. The van der Waals surface area contributed by atoms with Gasteiger partial charge in [-0.1, -0.05) is 60.7 Å². The van der Waals surface area contributed by atoms with E-state index in [0.29, 0.717) is 0 Å². The molecular weight excluding hydrogens is 459 g/mol. The molecule has 35 heavy (non-hydrogen) atoms. The first-order valence-corrected chi connectivity index (χ1v) is 10.9. The second-order valence-electron chi connectivity index (χ2n) is 8.63. The number of likely N-dealkylation sites (N-methyl/N-ethyl adjacent to an activating group) is 1. The highest BCUT2D eigenvalue weighted by molar-refractivity contribution is 5.87. The summed E-state index contributed by atoms with van der Waals surface area (Å²) in [6, 6.07) is 21.7. The molecule has 0 spiro atoms. The molecule has 1 N–H and O–H groups in total. The fourth-order valence-electron chi connectivity index (χ4n) is 4.30. The molecule has 0 aliphatic carbocycles. The van der Waals surface area contributed by atoms with Gasteiger partial charge >= 0.3 is 6.18 Å². The first-order chi connectivity index (χ1) is 16.6. The van der Waals surface area contributed by atoms with E-state index in [1.807, 2.05) is 24.3 Å². The molecular formula is C26H24F3N3O3. The maximum atomic E-state index is 14.5. The van der Waals surface area contributed by atoms with Crippen molar-refractivity contribution in [1.82, 2.24) is 9.47 Å². The number of hydrogen-bond acceptors (Lipinski definition) is 4. The Kier molecular flexibility index (Phi) is 6.64. The third-order valence-corrected chi connectivity index (χ3v) is 5.98. The second kappa shape index (κ2) is 9.52. The van der Waals surface area contributed by atoms with Crippen LogP contribution in [0.1, 0.15) is 16.7 Å². The molecule has 0 aliphatic heterocycles. The van der Waals surface area contributed by atoms with Crippen molar-refractivity contribution in [3.05, 3.63) is 112 Å². The Morgan fingerprint density at radius 3 is 2.14 bits per heavy atom. The van der Waals surface area contributed by atoms with Crippen LogP contribution >= 0.6 is 0 Å². The van der Waals surface area contributed by atoms with E-state index in [1.165, 1.54) is 34.8 Å². The number of nitro groups is 1. The number of aliphatic hydroxyl groups is 1. The topological polar surface area (TPSA) is 71.5 Å².